The molecule has 1 amide bonds. The van der Waals surface area contributed by atoms with Gasteiger partial charge in [-0.1, -0.05) is 35.9 Å². The number of furan rings is 1. The normalized spacial score (nSPS) is 14.3. The summed E-state index contributed by atoms with van der Waals surface area (Å²) >= 11 is 0. The van der Waals surface area contributed by atoms with Gasteiger partial charge in [0.05, 0.1) is 4.92 Å². The third kappa shape index (κ3) is 5.59. The van der Waals surface area contributed by atoms with Gasteiger partial charge in [-0.15, -0.1) is 0 Å². The first kappa shape index (κ1) is 22.5. The van der Waals surface area contributed by atoms with Crippen LogP contribution in [-0.2, 0) is 13.2 Å². The van der Waals surface area contributed by atoms with E-state index in [1.165, 1.54) is 17.2 Å². The zero-order valence-corrected chi connectivity index (χ0v) is 18.8. The Labute approximate surface area is 192 Å². The molecule has 0 N–H and O–H groups in total. The summed E-state index contributed by atoms with van der Waals surface area (Å²) in [7, 11) is 0. The summed E-state index contributed by atoms with van der Waals surface area (Å²) < 4.78 is 11.3. The predicted molar refractivity (Wildman–Crippen MR) is 123 cm³/mol. The maximum Gasteiger partial charge on any atom is 0.311 e. The second-order valence-corrected chi connectivity index (χ2v) is 8.34. The van der Waals surface area contributed by atoms with Gasteiger partial charge in [0, 0.05) is 38.8 Å². The lowest BCUT2D eigenvalue weighted by Crippen LogP contribution is -2.48. The molecule has 0 spiro atoms. The van der Waals surface area contributed by atoms with Gasteiger partial charge in [-0.2, -0.15) is 0 Å². The quantitative estimate of drug-likeness (QED) is 0.394. The standard InChI is InChI=1S/C25H27N3O5/c1-18-4-3-5-20(14-18)16-26-10-12-27(13-11-26)25(29)24-9-7-21(33-24)17-32-23-8-6-19(2)15-22(23)28(30)31/h3-9,14-15H,10-13,16-17H2,1-2H3. The topological polar surface area (TPSA) is 89.1 Å². The fourth-order valence-electron chi connectivity index (χ4n) is 3.95. The van der Waals surface area contributed by atoms with Crippen molar-refractivity contribution < 1.29 is 18.9 Å². The molecule has 0 atom stereocenters. The molecule has 1 fully saturated rings. The molecule has 0 radical (unpaired) electrons. The molecule has 3 aromatic rings. The number of amides is 1. The fraction of sp³-hybridized carbons (Fsp3) is 0.320. The summed E-state index contributed by atoms with van der Waals surface area (Å²) in [5.41, 5.74) is 3.20. The van der Waals surface area contributed by atoms with E-state index >= 15 is 0 Å². The highest BCUT2D eigenvalue weighted by molar-refractivity contribution is 5.91. The van der Waals surface area contributed by atoms with Crippen LogP contribution in [0.25, 0.3) is 0 Å². The Balaban J connectivity index is 1.31. The minimum absolute atomic E-state index is 0.00144. The minimum atomic E-state index is -0.474. The second kappa shape index (κ2) is 9.87. The molecule has 1 aromatic heterocycles. The van der Waals surface area contributed by atoms with Crippen molar-refractivity contribution in [3.63, 3.8) is 0 Å². The number of hydrogen-bond acceptors (Lipinski definition) is 6. The van der Waals surface area contributed by atoms with Crippen molar-refractivity contribution in [2.75, 3.05) is 26.2 Å². The second-order valence-electron chi connectivity index (χ2n) is 8.34. The van der Waals surface area contributed by atoms with Crippen LogP contribution in [0.5, 0.6) is 5.75 Å². The van der Waals surface area contributed by atoms with E-state index in [9.17, 15) is 14.9 Å². The molecule has 8 heteroatoms. The Hall–Kier alpha value is -3.65. The molecule has 172 valence electrons. The van der Waals surface area contributed by atoms with E-state index in [0.29, 0.717) is 18.8 Å². The van der Waals surface area contributed by atoms with E-state index in [-0.39, 0.29) is 29.7 Å². The molecule has 0 aliphatic carbocycles. The Bertz CT molecular complexity index is 1150. The molecule has 8 nitrogen and oxygen atoms in total. The lowest BCUT2D eigenvalue weighted by Gasteiger charge is -2.34. The van der Waals surface area contributed by atoms with Crippen LogP contribution in [-0.4, -0.2) is 46.8 Å². The van der Waals surface area contributed by atoms with E-state index < -0.39 is 4.92 Å². The highest BCUT2D eigenvalue weighted by Gasteiger charge is 2.24. The first-order valence-electron chi connectivity index (χ1n) is 10.9. The summed E-state index contributed by atoms with van der Waals surface area (Å²) in [5, 5.41) is 11.2. The monoisotopic (exact) mass is 449 g/mol. The highest BCUT2D eigenvalue weighted by Crippen LogP contribution is 2.28. The van der Waals surface area contributed by atoms with Gasteiger partial charge in [-0.3, -0.25) is 19.8 Å². The first-order valence-corrected chi connectivity index (χ1v) is 10.9. The smallest absolute Gasteiger partial charge is 0.311 e. The lowest BCUT2D eigenvalue weighted by atomic mass is 10.1. The van der Waals surface area contributed by atoms with Gasteiger partial charge < -0.3 is 14.1 Å². The lowest BCUT2D eigenvalue weighted by molar-refractivity contribution is -0.386. The maximum atomic E-state index is 12.9. The van der Waals surface area contributed by atoms with Crippen LogP contribution in [0.4, 0.5) is 5.69 Å². The summed E-state index contributed by atoms with van der Waals surface area (Å²) in [6.07, 6.45) is 0. The number of rotatable bonds is 7. The van der Waals surface area contributed by atoms with Crippen LogP contribution in [0.2, 0.25) is 0 Å². The maximum absolute atomic E-state index is 12.9. The van der Waals surface area contributed by atoms with Crippen molar-refractivity contribution in [3.8, 4) is 5.75 Å². The van der Waals surface area contributed by atoms with Crippen LogP contribution in [0, 0.1) is 24.0 Å². The third-order valence-corrected chi connectivity index (χ3v) is 5.70. The van der Waals surface area contributed by atoms with Crippen LogP contribution in [0.15, 0.2) is 59.0 Å². The number of nitro groups is 1. The van der Waals surface area contributed by atoms with E-state index in [2.05, 4.69) is 36.1 Å². The van der Waals surface area contributed by atoms with Gasteiger partial charge in [0.1, 0.15) is 12.4 Å². The SMILES string of the molecule is Cc1cccc(CN2CCN(C(=O)c3ccc(COc4ccc(C)cc4[N+](=O)[O-])o3)CC2)c1. The van der Waals surface area contributed by atoms with Gasteiger partial charge in [0.2, 0.25) is 0 Å². The number of nitro benzene ring substituents is 1. The van der Waals surface area contributed by atoms with Crippen molar-refractivity contribution in [1.29, 1.82) is 0 Å². The third-order valence-electron chi connectivity index (χ3n) is 5.70. The number of benzene rings is 2. The molecular formula is C25H27N3O5. The Kier molecular flexibility index (Phi) is 6.74. The molecule has 0 unspecified atom stereocenters. The molecule has 1 aliphatic heterocycles. The highest BCUT2D eigenvalue weighted by atomic mass is 16.6. The summed E-state index contributed by atoms with van der Waals surface area (Å²) in [4.78, 5) is 27.8. The largest absolute Gasteiger partial charge is 0.479 e. The average Bonchev–Trinajstić information content (AvgIpc) is 3.27. The molecule has 0 bridgehead atoms. The number of piperazine rings is 1. The molecule has 2 aromatic carbocycles. The van der Waals surface area contributed by atoms with Gasteiger partial charge >= 0.3 is 5.69 Å². The molecule has 0 saturated carbocycles. The summed E-state index contributed by atoms with van der Waals surface area (Å²) in [6, 6.07) is 16.6. The number of aryl methyl sites for hydroxylation is 2. The number of nitrogens with zero attached hydrogens (tertiary/aromatic N) is 3. The van der Waals surface area contributed by atoms with Crippen molar-refractivity contribution >= 4 is 11.6 Å². The number of carbonyl (C=O) groups is 1. The van der Waals surface area contributed by atoms with Gasteiger partial charge in [0.15, 0.2) is 11.5 Å². The van der Waals surface area contributed by atoms with Crippen molar-refractivity contribution in [2.45, 2.75) is 27.0 Å². The minimum Gasteiger partial charge on any atom is -0.479 e. The molecule has 1 aliphatic rings. The van der Waals surface area contributed by atoms with Crippen molar-refractivity contribution in [3.05, 3.63) is 92.9 Å². The Morgan fingerprint density at radius 3 is 2.52 bits per heavy atom. The summed E-state index contributed by atoms with van der Waals surface area (Å²) in [6.45, 7) is 7.60. The van der Waals surface area contributed by atoms with E-state index in [4.69, 9.17) is 9.15 Å². The van der Waals surface area contributed by atoms with Crippen LogP contribution >= 0.6 is 0 Å². The van der Waals surface area contributed by atoms with E-state index in [1.54, 1.807) is 36.1 Å². The van der Waals surface area contributed by atoms with Crippen molar-refractivity contribution in [1.82, 2.24) is 9.80 Å². The molecule has 1 saturated heterocycles. The molecule has 2 heterocycles. The zero-order chi connectivity index (χ0) is 23.4. The molecule has 4 rings (SSSR count). The van der Waals surface area contributed by atoms with Crippen molar-refractivity contribution in [2.24, 2.45) is 0 Å². The number of ether oxygens (including phenoxy) is 1. The fourth-order valence-corrected chi connectivity index (χ4v) is 3.95. The number of carbonyl (C=O) groups excluding carboxylic acids is 1. The van der Waals surface area contributed by atoms with E-state index in [0.717, 1.165) is 25.2 Å². The Morgan fingerprint density at radius 1 is 1.03 bits per heavy atom. The van der Waals surface area contributed by atoms with Crippen LogP contribution in [0.3, 0.4) is 0 Å². The van der Waals surface area contributed by atoms with Gasteiger partial charge in [-0.25, -0.2) is 0 Å². The zero-order valence-electron chi connectivity index (χ0n) is 18.8. The van der Waals surface area contributed by atoms with Crippen LogP contribution < -0.4 is 4.74 Å². The average molecular weight is 450 g/mol. The number of hydrogen-bond donors (Lipinski definition) is 0. The van der Waals surface area contributed by atoms with E-state index in [1.807, 2.05) is 0 Å². The van der Waals surface area contributed by atoms with Gasteiger partial charge in [0.25, 0.3) is 5.91 Å². The molecular weight excluding hydrogens is 422 g/mol. The first-order chi connectivity index (χ1) is 15.9. The molecule has 33 heavy (non-hydrogen) atoms. The predicted octanol–water partition coefficient (Wildman–Crippen LogP) is 4.34. The van der Waals surface area contributed by atoms with Gasteiger partial charge in [-0.05, 0) is 43.2 Å². The van der Waals surface area contributed by atoms with Crippen LogP contribution in [0.1, 0.15) is 33.0 Å². The summed E-state index contributed by atoms with van der Waals surface area (Å²) in [5.74, 6) is 0.697. The Morgan fingerprint density at radius 2 is 1.79 bits per heavy atom.